The van der Waals surface area contributed by atoms with Gasteiger partial charge in [0.1, 0.15) is 5.25 Å². The van der Waals surface area contributed by atoms with Crippen molar-refractivity contribution < 1.29 is 17.1 Å². The van der Waals surface area contributed by atoms with Crippen LogP contribution in [0, 0.1) is 6.92 Å². The summed E-state index contributed by atoms with van der Waals surface area (Å²) >= 11 is 3.32. The van der Waals surface area contributed by atoms with Gasteiger partial charge in [-0.25, -0.2) is 0 Å². The standard InChI is InChI=1S/C11H11BrFNO3S/c1-7-2-3-10(9(12)4-7)14-6-8(5-11(14)15)18(13,16)17/h2-4,8H,5-6H2,1H3. The SMILES string of the molecule is Cc1ccc(N2CC(S(=O)(=O)F)CC2=O)c(Br)c1. The highest BCUT2D eigenvalue weighted by molar-refractivity contribution is 9.10. The summed E-state index contributed by atoms with van der Waals surface area (Å²) in [7, 11) is -4.68. The third kappa shape index (κ3) is 2.56. The van der Waals surface area contributed by atoms with E-state index in [-0.39, 0.29) is 18.9 Å². The van der Waals surface area contributed by atoms with Crippen molar-refractivity contribution in [2.45, 2.75) is 18.6 Å². The summed E-state index contributed by atoms with van der Waals surface area (Å²) in [5, 5.41) is -1.27. The van der Waals surface area contributed by atoms with Crippen molar-refractivity contribution in [1.82, 2.24) is 0 Å². The zero-order valence-corrected chi connectivity index (χ0v) is 12.0. The van der Waals surface area contributed by atoms with Gasteiger partial charge in [0.2, 0.25) is 5.91 Å². The topological polar surface area (TPSA) is 54.5 Å². The summed E-state index contributed by atoms with van der Waals surface area (Å²) in [6.07, 6.45) is -0.306. The van der Waals surface area contributed by atoms with E-state index in [1.165, 1.54) is 4.90 Å². The van der Waals surface area contributed by atoms with E-state index in [9.17, 15) is 17.1 Å². The minimum Gasteiger partial charge on any atom is -0.310 e. The summed E-state index contributed by atoms with van der Waals surface area (Å²) in [4.78, 5) is 13.0. The number of anilines is 1. The summed E-state index contributed by atoms with van der Waals surface area (Å²) in [5.41, 5.74) is 1.57. The second-order valence-electron chi connectivity index (χ2n) is 4.26. The molecule has 0 N–H and O–H groups in total. The lowest BCUT2D eigenvalue weighted by Gasteiger charge is -2.18. The molecule has 4 nitrogen and oxygen atoms in total. The van der Waals surface area contributed by atoms with Gasteiger partial charge in [-0.2, -0.15) is 8.42 Å². The highest BCUT2D eigenvalue weighted by Gasteiger charge is 2.39. The molecule has 0 aliphatic carbocycles. The zero-order chi connectivity index (χ0) is 13.5. The number of amides is 1. The fourth-order valence-corrected chi connectivity index (χ4v) is 3.30. The Morgan fingerprint density at radius 1 is 1.44 bits per heavy atom. The third-order valence-electron chi connectivity index (χ3n) is 2.88. The van der Waals surface area contributed by atoms with Crippen LogP contribution in [0.1, 0.15) is 12.0 Å². The van der Waals surface area contributed by atoms with Gasteiger partial charge in [-0.1, -0.05) is 6.07 Å². The number of rotatable bonds is 2. The minimum atomic E-state index is -4.68. The van der Waals surface area contributed by atoms with E-state index in [1.807, 2.05) is 19.1 Å². The van der Waals surface area contributed by atoms with Crippen LogP contribution in [0.25, 0.3) is 0 Å². The number of hydrogen-bond acceptors (Lipinski definition) is 3. The number of halogens is 2. The van der Waals surface area contributed by atoms with Crippen molar-refractivity contribution in [1.29, 1.82) is 0 Å². The number of benzene rings is 1. The van der Waals surface area contributed by atoms with Crippen LogP contribution in [0.3, 0.4) is 0 Å². The van der Waals surface area contributed by atoms with Crippen molar-refractivity contribution in [3.05, 3.63) is 28.2 Å². The maximum atomic E-state index is 12.9. The number of nitrogens with zero attached hydrogens (tertiary/aromatic N) is 1. The predicted octanol–water partition coefficient (Wildman–Crippen LogP) is 2.16. The average molecular weight is 336 g/mol. The molecule has 0 bridgehead atoms. The predicted molar refractivity (Wildman–Crippen MR) is 69.7 cm³/mol. The largest absolute Gasteiger partial charge is 0.310 e. The Morgan fingerprint density at radius 2 is 2.11 bits per heavy atom. The molecule has 7 heteroatoms. The Kier molecular flexibility index (Phi) is 3.46. The zero-order valence-electron chi connectivity index (χ0n) is 9.56. The second-order valence-corrected chi connectivity index (χ2v) is 6.73. The molecular weight excluding hydrogens is 325 g/mol. The fraction of sp³-hybridized carbons (Fsp3) is 0.364. The van der Waals surface area contributed by atoms with E-state index in [4.69, 9.17) is 0 Å². The molecule has 1 amide bonds. The molecule has 1 heterocycles. The Morgan fingerprint density at radius 3 is 2.61 bits per heavy atom. The molecule has 1 aliphatic heterocycles. The van der Waals surface area contributed by atoms with Crippen LogP contribution >= 0.6 is 15.9 Å². The Hall–Kier alpha value is -0.950. The number of carbonyl (C=O) groups is 1. The average Bonchev–Trinajstić information content (AvgIpc) is 2.60. The van der Waals surface area contributed by atoms with Gasteiger partial charge in [-0.05, 0) is 40.5 Å². The molecule has 18 heavy (non-hydrogen) atoms. The van der Waals surface area contributed by atoms with Gasteiger partial charge < -0.3 is 4.90 Å². The lowest BCUT2D eigenvalue weighted by atomic mass is 10.2. The van der Waals surface area contributed by atoms with Gasteiger partial charge in [0.25, 0.3) is 0 Å². The van der Waals surface area contributed by atoms with Crippen LogP contribution < -0.4 is 4.90 Å². The molecule has 1 fully saturated rings. The molecule has 1 aromatic carbocycles. The van der Waals surface area contributed by atoms with Gasteiger partial charge in [-0.3, -0.25) is 4.79 Å². The van der Waals surface area contributed by atoms with Crippen LogP contribution in [-0.2, 0) is 15.0 Å². The van der Waals surface area contributed by atoms with Crippen molar-refractivity contribution >= 4 is 37.7 Å². The van der Waals surface area contributed by atoms with Crippen molar-refractivity contribution in [2.75, 3.05) is 11.4 Å². The van der Waals surface area contributed by atoms with E-state index in [1.54, 1.807) is 6.07 Å². The summed E-state index contributed by atoms with van der Waals surface area (Å²) in [5.74, 6) is -0.384. The molecule has 0 spiro atoms. The van der Waals surface area contributed by atoms with Crippen LogP contribution in [0.2, 0.25) is 0 Å². The van der Waals surface area contributed by atoms with Gasteiger partial charge in [0.05, 0.1) is 5.69 Å². The van der Waals surface area contributed by atoms with E-state index in [2.05, 4.69) is 15.9 Å². The molecule has 1 atom stereocenters. The second kappa shape index (κ2) is 4.62. The molecule has 2 rings (SSSR count). The quantitative estimate of drug-likeness (QED) is 0.778. The van der Waals surface area contributed by atoms with Crippen molar-refractivity contribution in [2.24, 2.45) is 0 Å². The van der Waals surface area contributed by atoms with Crippen molar-refractivity contribution in [3.63, 3.8) is 0 Å². The number of aryl methyl sites for hydroxylation is 1. The lowest BCUT2D eigenvalue weighted by Crippen LogP contribution is -2.27. The molecular formula is C11H11BrFNO3S. The first kappa shape index (κ1) is 13.5. The Labute approximate surface area is 113 Å². The maximum Gasteiger partial charge on any atom is 0.307 e. The van der Waals surface area contributed by atoms with Gasteiger partial charge >= 0.3 is 10.2 Å². The van der Waals surface area contributed by atoms with Crippen LogP contribution in [0.15, 0.2) is 22.7 Å². The monoisotopic (exact) mass is 335 g/mol. The molecule has 0 aromatic heterocycles. The third-order valence-corrected chi connectivity index (χ3v) is 4.63. The first-order valence-corrected chi connectivity index (χ1v) is 7.53. The molecule has 0 radical (unpaired) electrons. The highest BCUT2D eigenvalue weighted by atomic mass is 79.9. The summed E-state index contributed by atoms with van der Waals surface area (Å²) < 4.78 is 35.3. The molecule has 1 aromatic rings. The van der Waals surface area contributed by atoms with E-state index in [0.29, 0.717) is 10.2 Å². The normalized spacial score (nSPS) is 20.5. The Balaban J connectivity index is 2.33. The lowest BCUT2D eigenvalue weighted by molar-refractivity contribution is -0.117. The minimum absolute atomic E-state index is 0.140. The van der Waals surface area contributed by atoms with Crippen molar-refractivity contribution in [3.8, 4) is 0 Å². The Bertz CT molecular complexity index is 602. The van der Waals surface area contributed by atoms with Gasteiger partial charge in [-0.15, -0.1) is 3.89 Å². The van der Waals surface area contributed by atoms with Crippen LogP contribution in [-0.4, -0.2) is 26.1 Å². The molecule has 0 saturated carbocycles. The van der Waals surface area contributed by atoms with Gasteiger partial charge in [0, 0.05) is 17.4 Å². The van der Waals surface area contributed by atoms with E-state index >= 15 is 0 Å². The fourth-order valence-electron chi connectivity index (χ4n) is 1.93. The summed E-state index contributed by atoms with van der Waals surface area (Å²) in [6, 6.07) is 5.34. The number of carbonyl (C=O) groups excluding carboxylic acids is 1. The highest BCUT2D eigenvalue weighted by Crippen LogP contribution is 2.32. The maximum absolute atomic E-state index is 12.9. The molecule has 98 valence electrons. The first-order chi connectivity index (χ1) is 8.29. The molecule has 1 aliphatic rings. The summed E-state index contributed by atoms with van der Waals surface area (Å²) in [6.45, 7) is 1.76. The van der Waals surface area contributed by atoms with E-state index in [0.717, 1.165) is 5.56 Å². The first-order valence-electron chi connectivity index (χ1n) is 5.29. The van der Waals surface area contributed by atoms with E-state index < -0.39 is 15.5 Å². The smallest absolute Gasteiger partial charge is 0.307 e. The van der Waals surface area contributed by atoms with Crippen LogP contribution in [0.4, 0.5) is 9.57 Å². The molecule has 1 unspecified atom stereocenters. The van der Waals surface area contributed by atoms with Crippen LogP contribution in [0.5, 0.6) is 0 Å². The van der Waals surface area contributed by atoms with Gasteiger partial charge in [0.15, 0.2) is 0 Å². The number of hydrogen-bond donors (Lipinski definition) is 0. The molecule has 1 saturated heterocycles.